The zero-order chi connectivity index (χ0) is 14.3. The number of fused-ring (bicyclic) bond motifs is 1. The van der Waals surface area contributed by atoms with E-state index in [9.17, 15) is 0 Å². The van der Waals surface area contributed by atoms with E-state index >= 15 is 0 Å². The highest BCUT2D eigenvalue weighted by atomic mass is 16.5. The Morgan fingerprint density at radius 1 is 0.857 bits per heavy atom. The number of hydrogen-bond acceptors (Lipinski definition) is 3. The van der Waals surface area contributed by atoms with Gasteiger partial charge in [-0.25, -0.2) is 0 Å². The average Bonchev–Trinajstić information content (AvgIpc) is 2.77. The van der Waals surface area contributed by atoms with E-state index in [1.165, 1.54) is 11.1 Å². The van der Waals surface area contributed by atoms with Gasteiger partial charge in [-0.2, -0.15) is 0 Å². The van der Waals surface area contributed by atoms with Crippen LogP contribution < -0.4 is 14.8 Å². The second kappa shape index (κ2) is 7.14. The van der Waals surface area contributed by atoms with Gasteiger partial charge in [-0.3, -0.25) is 0 Å². The van der Waals surface area contributed by atoms with Crippen molar-refractivity contribution in [2.75, 3.05) is 19.8 Å². The molecule has 0 fully saturated rings. The minimum atomic E-state index is 0.734. The van der Waals surface area contributed by atoms with Crippen LogP contribution in [-0.2, 0) is 13.0 Å². The molecule has 21 heavy (non-hydrogen) atoms. The summed E-state index contributed by atoms with van der Waals surface area (Å²) in [5, 5.41) is 3.48. The maximum atomic E-state index is 5.71. The van der Waals surface area contributed by atoms with Crippen LogP contribution in [0.15, 0.2) is 48.5 Å². The van der Waals surface area contributed by atoms with Crippen molar-refractivity contribution in [3.63, 3.8) is 0 Å². The molecule has 1 aliphatic heterocycles. The number of ether oxygens (including phenoxy) is 2. The van der Waals surface area contributed by atoms with Gasteiger partial charge in [0.05, 0.1) is 13.2 Å². The lowest BCUT2D eigenvalue weighted by Crippen LogP contribution is -2.16. The molecule has 0 amide bonds. The third-order valence-corrected chi connectivity index (χ3v) is 3.57. The highest BCUT2D eigenvalue weighted by Crippen LogP contribution is 2.30. The van der Waals surface area contributed by atoms with Gasteiger partial charge in [0.2, 0.25) is 0 Å². The van der Waals surface area contributed by atoms with Crippen LogP contribution in [0.2, 0.25) is 0 Å². The molecule has 2 aromatic carbocycles. The zero-order valence-corrected chi connectivity index (χ0v) is 12.2. The Morgan fingerprint density at radius 2 is 1.67 bits per heavy atom. The minimum Gasteiger partial charge on any atom is -0.490 e. The first-order valence-corrected chi connectivity index (χ1v) is 7.55. The maximum Gasteiger partial charge on any atom is 0.161 e. The second-order valence-corrected chi connectivity index (χ2v) is 5.24. The first kappa shape index (κ1) is 14.0. The van der Waals surface area contributed by atoms with Gasteiger partial charge in [-0.05, 0) is 36.2 Å². The van der Waals surface area contributed by atoms with E-state index < -0.39 is 0 Å². The molecule has 1 aliphatic rings. The summed E-state index contributed by atoms with van der Waals surface area (Å²) in [6.45, 7) is 3.29. The van der Waals surface area contributed by atoms with Crippen LogP contribution in [0.4, 0.5) is 0 Å². The fourth-order valence-electron chi connectivity index (χ4n) is 2.43. The summed E-state index contributed by atoms with van der Waals surface area (Å²) in [7, 11) is 0. The Morgan fingerprint density at radius 3 is 2.52 bits per heavy atom. The van der Waals surface area contributed by atoms with Crippen LogP contribution in [0, 0.1) is 0 Å². The molecule has 3 nitrogen and oxygen atoms in total. The van der Waals surface area contributed by atoms with Gasteiger partial charge in [-0.1, -0.05) is 36.4 Å². The van der Waals surface area contributed by atoms with Gasteiger partial charge in [0.1, 0.15) is 0 Å². The van der Waals surface area contributed by atoms with Gasteiger partial charge in [0, 0.05) is 13.0 Å². The van der Waals surface area contributed by atoms with E-state index in [4.69, 9.17) is 9.47 Å². The van der Waals surface area contributed by atoms with E-state index in [-0.39, 0.29) is 0 Å². The summed E-state index contributed by atoms with van der Waals surface area (Å²) in [5.41, 5.74) is 2.59. The number of hydrogen-bond donors (Lipinski definition) is 1. The predicted molar refractivity (Wildman–Crippen MR) is 83.9 cm³/mol. The molecule has 0 bridgehead atoms. The van der Waals surface area contributed by atoms with E-state index in [0.29, 0.717) is 0 Å². The third-order valence-electron chi connectivity index (χ3n) is 3.57. The average molecular weight is 283 g/mol. The molecule has 0 unspecified atom stereocenters. The maximum absolute atomic E-state index is 5.71. The standard InChI is InChI=1S/C18H21NO2/c1-2-5-15(6-3-1)9-10-19-14-16-7-8-17-18(13-16)21-12-4-11-20-17/h1-3,5-8,13,19H,4,9-12,14H2. The van der Waals surface area contributed by atoms with E-state index in [1.54, 1.807) is 0 Å². The minimum absolute atomic E-state index is 0.734. The lowest BCUT2D eigenvalue weighted by Gasteiger charge is -2.10. The molecular weight excluding hydrogens is 262 g/mol. The Labute approximate surface area is 125 Å². The van der Waals surface area contributed by atoms with Gasteiger partial charge >= 0.3 is 0 Å². The number of nitrogens with one attached hydrogen (secondary N) is 1. The van der Waals surface area contributed by atoms with Crippen LogP contribution in [0.5, 0.6) is 11.5 Å². The van der Waals surface area contributed by atoms with Crippen LogP contribution >= 0.6 is 0 Å². The van der Waals surface area contributed by atoms with Crippen molar-refractivity contribution in [3.8, 4) is 11.5 Å². The predicted octanol–water partition coefficient (Wildman–Crippen LogP) is 3.18. The monoisotopic (exact) mass is 283 g/mol. The molecule has 110 valence electrons. The quantitative estimate of drug-likeness (QED) is 0.855. The van der Waals surface area contributed by atoms with Crippen molar-refractivity contribution in [1.82, 2.24) is 5.32 Å². The molecule has 0 aromatic heterocycles. The van der Waals surface area contributed by atoms with Crippen molar-refractivity contribution in [3.05, 3.63) is 59.7 Å². The Bertz CT molecular complexity index is 569. The van der Waals surface area contributed by atoms with E-state index in [0.717, 1.165) is 50.6 Å². The lowest BCUT2D eigenvalue weighted by molar-refractivity contribution is 0.297. The SMILES string of the molecule is c1ccc(CCNCc2ccc3c(c2)OCCCO3)cc1. The van der Waals surface area contributed by atoms with Crippen LogP contribution in [0.1, 0.15) is 17.5 Å². The Hall–Kier alpha value is -2.00. The molecule has 3 heteroatoms. The van der Waals surface area contributed by atoms with Gasteiger partial charge < -0.3 is 14.8 Å². The Kier molecular flexibility index (Phi) is 4.74. The molecule has 1 heterocycles. The summed E-state index contributed by atoms with van der Waals surface area (Å²) in [6.07, 6.45) is 1.99. The fraction of sp³-hybridized carbons (Fsp3) is 0.333. The van der Waals surface area contributed by atoms with Crippen molar-refractivity contribution in [1.29, 1.82) is 0 Å². The summed E-state index contributed by atoms with van der Waals surface area (Å²) in [4.78, 5) is 0. The highest BCUT2D eigenvalue weighted by molar-refractivity contribution is 5.43. The van der Waals surface area contributed by atoms with E-state index in [1.807, 2.05) is 6.07 Å². The second-order valence-electron chi connectivity index (χ2n) is 5.24. The summed E-state index contributed by atoms with van der Waals surface area (Å²) < 4.78 is 11.4. The van der Waals surface area contributed by atoms with Crippen LogP contribution in [0.3, 0.4) is 0 Å². The van der Waals surface area contributed by atoms with Crippen molar-refractivity contribution < 1.29 is 9.47 Å². The third kappa shape index (κ3) is 3.99. The van der Waals surface area contributed by atoms with Gasteiger partial charge in [-0.15, -0.1) is 0 Å². The summed E-state index contributed by atoms with van der Waals surface area (Å²) in [5.74, 6) is 1.73. The van der Waals surface area contributed by atoms with Gasteiger partial charge in [0.25, 0.3) is 0 Å². The molecule has 1 N–H and O–H groups in total. The normalized spacial score (nSPS) is 13.7. The molecular formula is C18H21NO2. The molecule has 0 spiro atoms. The topological polar surface area (TPSA) is 30.5 Å². The van der Waals surface area contributed by atoms with Crippen LogP contribution in [-0.4, -0.2) is 19.8 Å². The summed E-state index contributed by atoms with van der Waals surface area (Å²) in [6, 6.07) is 16.7. The largest absolute Gasteiger partial charge is 0.490 e. The first-order chi connectivity index (χ1) is 10.4. The number of rotatable bonds is 5. The summed E-state index contributed by atoms with van der Waals surface area (Å²) >= 11 is 0. The van der Waals surface area contributed by atoms with Gasteiger partial charge in [0.15, 0.2) is 11.5 Å². The molecule has 0 saturated carbocycles. The zero-order valence-electron chi connectivity index (χ0n) is 12.2. The van der Waals surface area contributed by atoms with Crippen molar-refractivity contribution in [2.45, 2.75) is 19.4 Å². The van der Waals surface area contributed by atoms with Crippen molar-refractivity contribution in [2.24, 2.45) is 0 Å². The van der Waals surface area contributed by atoms with E-state index in [2.05, 4.69) is 47.8 Å². The Balaban J connectivity index is 1.50. The molecule has 0 atom stereocenters. The molecule has 2 aromatic rings. The highest BCUT2D eigenvalue weighted by Gasteiger charge is 2.10. The molecule has 0 aliphatic carbocycles. The smallest absolute Gasteiger partial charge is 0.161 e. The number of benzene rings is 2. The molecule has 3 rings (SSSR count). The van der Waals surface area contributed by atoms with Crippen molar-refractivity contribution >= 4 is 0 Å². The lowest BCUT2D eigenvalue weighted by atomic mass is 10.1. The molecule has 0 radical (unpaired) electrons. The molecule has 0 saturated heterocycles. The van der Waals surface area contributed by atoms with Crippen LogP contribution in [0.25, 0.3) is 0 Å². The first-order valence-electron chi connectivity index (χ1n) is 7.55. The fourth-order valence-corrected chi connectivity index (χ4v) is 2.43.